The van der Waals surface area contributed by atoms with Gasteiger partial charge in [0, 0.05) is 44.6 Å². The summed E-state index contributed by atoms with van der Waals surface area (Å²) >= 11 is 0. The second-order valence-electron chi connectivity index (χ2n) is 3.94. The zero-order valence-electron chi connectivity index (χ0n) is 9.26. The maximum atomic E-state index is 8.92. The Morgan fingerprint density at radius 3 is 2.69 bits per heavy atom. The Morgan fingerprint density at radius 2 is 2.06 bits per heavy atom. The number of hydrogen-bond acceptors (Lipinski definition) is 4. The minimum absolute atomic E-state index is 0.218. The molecule has 4 nitrogen and oxygen atoms in total. The predicted molar refractivity (Wildman–Crippen MR) is 61.7 cm³/mol. The average molecular weight is 216 g/mol. The normalized spacial score (nSPS) is 18.9. The van der Waals surface area contributed by atoms with Crippen LogP contribution in [0.3, 0.4) is 0 Å². The van der Waals surface area contributed by atoms with Crippen LogP contribution in [0.25, 0.3) is 0 Å². The van der Waals surface area contributed by atoms with E-state index in [1.54, 1.807) is 12.4 Å². The number of aromatic nitrogens is 1. The Kier molecular flexibility index (Phi) is 3.86. The predicted octanol–water partition coefficient (Wildman–Crippen LogP) is 0.942. The van der Waals surface area contributed by atoms with Crippen LogP contribution >= 0.6 is 0 Å². The second-order valence-corrected chi connectivity index (χ2v) is 3.94. The fourth-order valence-corrected chi connectivity index (χ4v) is 2.12. The van der Waals surface area contributed by atoms with Crippen molar-refractivity contribution in [3.05, 3.63) is 30.1 Å². The Bertz CT molecular complexity index is 351. The SMILES string of the molecule is N#CC[C@@H](c1ccncc1)N1CCNCC1. The first-order valence-electron chi connectivity index (χ1n) is 5.63. The summed E-state index contributed by atoms with van der Waals surface area (Å²) in [6.07, 6.45) is 4.13. The van der Waals surface area contributed by atoms with E-state index in [-0.39, 0.29) is 6.04 Å². The van der Waals surface area contributed by atoms with Crippen molar-refractivity contribution in [1.82, 2.24) is 15.2 Å². The van der Waals surface area contributed by atoms with Crippen molar-refractivity contribution in [2.45, 2.75) is 12.5 Å². The van der Waals surface area contributed by atoms with Gasteiger partial charge in [-0.1, -0.05) is 0 Å². The van der Waals surface area contributed by atoms with Crippen LogP contribution in [-0.2, 0) is 0 Å². The molecule has 0 unspecified atom stereocenters. The summed E-state index contributed by atoms with van der Waals surface area (Å²) in [5.41, 5.74) is 1.19. The van der Waals surface area contributed by atoms with Gasteiger partial charge in [0.25, 0.3) is 0 Å². The summed E-state index contributed by atoms with van der Waals surface area (Å²) in [6.45, 7) is 4.03. The van der Waals surface area contributed by atoms with Gasteiger partial charge < -0.3 is 5.32 Å². The maximum Gasteiger partial charge on any atom is 0.0641 e. The molecule has 0 spiro atoms. The largest absolute Gasteiger partial charge is 0.314 e. The Hall–Kier alpha value is -1.44. The van der Waals surface area contributed by atoms with E-state index in [9.17, 15) is 0 Å². The third kappa shape index (κ3) is 2.57. The molecule has 1 aliphatic heterocycles. The molecule has 0 aliphatic carbocycles. The van der Waals surface area contributed by atoms with Crippen LogP contribution in [0.15, 0.2) is 24.5 Å². The summed E-state index contributed by atoms with van der Waals surface area (Å²) in [5, 5.41) is 12.2. The van der Waals surface area contributed by atoms with E-state index in [1.165, 1.54) is 5.56 Å². The minimum atomic E-state index is 0.218. The van der Waals surface area contributed by atoms with Crippen molar-refractivity contribution in [2.75, 3.05) is 26.2 Å². The van der Waals surface area contributed by atoms with Gasteiger partial charge in [-0.2, -0.15) is 5.26 Å². The fourth-order valence-electron chi connectivity index (χ4n) is 2.12. The molecule has 1 N–H and O–H groups in total. The third-order valence-electron chi connectivity index (χ3n) is 2.97. The van der Waals surface area contributed by atoms with Crippen LogP contribution in [0, 0.1) is 11.3 Å². The first-order chi connectivity index (χ1) is 7.92. The lowest BCUT2D eigenvalue weighted by Crippen LogP contribution is -2.45. The van der Waals surface area contributed by atoms with Gasteiger partial charge in [0.1, 0.15) is 0 Å². The van der Waals surface area contributed by atoms with Crippen LogP contribution in [-0.4, -0.2) is 36.1 Å². The highest BCUT2D eigenvalue weighted by Crippen LogP contribution is 2.23. The van der Waals surface area contributed by atoms with E-state index in [2.05, 4.69) is 21.3 Å². The Balaban J connectivity index is 2.13. The van der Waals surface area contributed by atoms with E-state index >= 15 is 0 Å². The molecule has 2 rings (SSSR count). The number of hydrogen-bond donors (Lipinski definition) is 1. The van der Waals surface area contributed by atoms with Crippen molar-refractivity contribution in [3.63, 3.8) is 0 Å². The molecule has 0 radical (unpaired) electrons. The minimum Gasteiger partial charge on any atom is -0.314 e. The lowest BCUT2D eigenvalue weighted by molar-refractivity contribution is 0.175. The molecule has 1 aromatic rings. The summed E-state index contributed by atoms with van der Waals surface area (Å²) in [7, 11) is 0. The summed E-state index contributed by atoms with van der Waals surface area (Å²) in [6, 6.07) is 6.51. The van der Waals surface area contributed by atoms with Gasteiger partial charge in [-0.3, -0.25) is 9.88 Å². The molecule has 1 fully saturated rings. The number of nitrogens with one attached hydrogen (secondary N) is 1. The highest BCUT2D eigenvalue weighted by Gasteiger charge is 2.21. The smallest absolute Gasteiger partial charge is 0.0641 e. The van der Waals surface area contributed by atoms with E-state index < -0.39 is 0 Å². The fraction of sp³-hybridized carbons (Fsp3) is 0.500. The number of rotatable bonds is 3. The summed E-state index contributed by atoms with van der Waals surface area (Å²) in [5.74, 6) is 0. The first kappa shape index (κ1) is 11.1. The van der Waals surface area contributed by atoms with Crippen molar-refractivity contribution < 1.29 is 0 Å². The molecule has 0 aromatic carbocycles. The Labute approximate surface area is 95.9 Å². The number of nitriles is 1. The molecule has 0 amide bonds. The van der Waals surface area contributed by atoms with Gasteiger partial charge in [-0.15, -0.1) is 0 Å². The van der Waals surface area contributed by atoms with E-state index in [1.807, 2.05) is 12.1 Å². The highest BCUT2D eigenvalue weighted by molar-refractivity contribution is 5.16. The molecule has 1 saturated heterocycles. The van der Waals surface area contributed by atoms with Gasteiger partial charge in [0.15, 0.2) is 0 Å². The third-order valence-corrected chi connectivity index (χ3v) is 2.97. The molecule has 1 aromatic heterocycles. The summed E-state index contributed by atoms with van der Waals surface area (Å²) < 4.78 is 0. The van der Waals surface area contributed by atoms with Gasteiger partial charge >= 0.3 is 0 Å². The van der Waals surface area contributed by atoms with Crippen molar-refractivity contribution in [2.24, 2.45) is 0 Å². The molecule has 4 heteroatoms. The quantitative estimate of drug-likeness (QED) is 0.817. The number of piperazine rings is 1. The van der Waals surface area contributed by atoms with Crippen LogP contribution in [0.4, 0.5) is 0 Å². The lowest BCUT2D eigenvalue weighted by atomic mass is 10.0. The molecule has 1 aliphatic rings. The number of pyridine rings is 1. The van der Waals surface area contributed by atoms with Gasteiger partial charge in [0.2, 0.25) is 0 Å². The maximum absolute atomic E-state index is 8.92. The van der Waals surface area contributed by atoms with Crippen LogP contribution in [0.2, 0.25) is 0 Å². The highest BCUT2D eigenvalue weighted by atomic mass is 15.2. The van der Waals surface area contributed by atoms with Crippen LogP contribution < -0.4 is 5.32 Å². The summed E-state index contributed by atoms with van der Waals surface area (Å²) in [4.78, 5) is 6.39. The van der Waals surface area contributed by atoms with E-state index in [0.717, 1.165) is 26.2 Å². The van der Waals surface area contributed by atoms with Crippen molar-refractivity contribution >= 4 is 0 Å². The molecule has 84 valence electrons. The van der Waals surface area contributed by atoms with Crippen molar-refractivity contribution in [1.29, 1.82) is 5.26 Å². The molecule has 16 heavy (non-hydrogen) atoms. The lowest BCUT2D eigenvalue weighted by Gasteiger charge is -2.33. The van der Waals surface area contributed by atoms with Gasteiger partial charge in [-0.05, 0) is 17.7 Å². The average Bonchev–Trinajstić information content (AvgIpc) is 2.38. The standard InChI is InChI=1S/C12H16N4/c13-4-1-12(11-2-5-14-6-3-11)16-9-7-15-8-10-16/h2-3,5-6,12,15H,1,7-10H2/t12-/m0/s1. The number of nitrogens with zero attached hydrogens (tertiary/aromatic N) is 3. The molecule has 0 bridgehead atoms. The topological polar surface area (TPSA) is 52.0 Å². The zero-order valence-corrected chi connectivity index (χ0v) is 9.26. The van der Waals surface area contributed by atoms with E-state index in [0.29, 0.717) is 6.42 Å². The van der Waals surface area contributed by atoms with Gasteiger partial charge in [0.05, 0.1) is 12.5 Å². The zero-order chi connectivity index (χ0) is 11.2. The van der Waals surface area contributed by atoms with Gasteiger partial charge in [-0.25, -0.2) is 0 Å². The molecule has 1 atom stereocenters. The Morgan fingerprint density at radius 1 is 1.38 bits per heavy atom. The molecule has 0 saturated carbocycles. The molecular formula is C12H16N4. The first-order valence-corrected chi connectivity index (χ1v) is 5.63. The second kappa shape index (κ2) is 5.59. The van der Waals surface area contributed by atoms with E-state index in [4.69, 9.17) is 5.26 Å². The van der Waals surface area contributed by atoms with Crippen molar-refractivity contribution in [3.8, 4) is 6.07 Å². The monoisotopic (exact) mass is 216 g/mol. The van der Waals surface area contributed by atoms with Crippen LogP contribution in [0.1, 0.15) is 18.0 Å². The molecular weight excluding hydrogens is 200 g/mol. The van der Waals surface area contributed by atoms with Crippen LogP contribution in [0.5, 0.6) is 0 Å². The molecule has 2 heterocycles.